The monoisotopic (exact) mass is 147 g/mol. The average Bonchev–Trinajstić information content (AvgIpc) is 2.30. The molecule has 4 heteroatoms. The van der Waals surface area contributed by atoms with Gasteiger partial charge in [0.1, 0.15) is 5.84 Å². The van der Waals surface area contributed by atoms with Crippen LogP contribution in [0.2, 0.25) is 0 Å². The van der Waals surface area contributed by atoms with Gasteiger partial charge in [-0.3, -0.25) is 9.78 Å². The fraction of sp³-hybridized carbons (Fsp3) is 0. The van der Waals surface area contributed by atoms with E-state index in [-0.39, 0.29) is 11.7 Å². The molecule has 0 saturated carbocycles. The lowest BCUT2D eigenvalue weighted by atomic mass is 10.1. The van der Waals surface area contributed by atoms with E-state index in [0.29, 0.717) is 11.1 Å². The Morgan fingerprint density at radius 3 is 2.91 bits per heavy atom. The van der Waals surface area contributed by atoms with Gasteiger partial charge in [-0.2, -0.15) is 4.99 Å². The topological polar surface area (TPSA) is 68.3 Å². The number of fused-ring (bicyclic) bond motifs is 1. The first-order valence-electron chi connectivity index (χ1n) is 3.12. The second kappa shape index (κ2) is 1.88. The van der Waals surface area contributed by atoms with Gasteiger partial charge in [-0.15, -0.1) is 0 Å². The first-order chi connectivity index (χ1) is 5.29. The maximum atomic E-state index is 11.0. The summed E-state index contributed by atoms with van der Waals surface area (Å²) in [5, 5.41) is 0. The number of nitrogens with two attached hydrogens (primary N) is 1. The van der Waals surface area contributed by atoms with Crippen LogP contribution in [0.15, 0.2) is 23.5 Å². The minimum Gasteiger partial charge on any atom is -0.383 e. The van der Waals surface area contributed by atoms with E-state index < -0.39 is 0 Å². The van der Waals surface area contributed by atoms with Crippen LogP contribution in [0, 0.1) is 0 Å². The Hall–Kier alpha value is -1.71. The maximum absolute atomic E-state index is 11.0. The third-order valence-electron chi connectivity index (χ3n) is 1.55. The van der Waals surface area contributed by atoms with E-state index in [9.17, 15) is 4.79 Å². The molecule has 1 aromatic heterocycles. The van der Waals surface area contributed by atoms with Crippen LogP contribution < -0.4 is 5.73 Å². The van der Waals surface area contributed by atoms with E-state index >= 15 is 0 Å². The van der Waals surface area contributed by atoms with Crippen LogP contribution in [0.5, 0.6) is 0 Å². The molecule has 54 valence electrons. The Labute approximate surface area is 62.8 Å². The molecular weight excluding hydrogens is 142 g/mol. The van der Waals surface area contributed by atoms with Crippen LogP contribution in [-0.4, -0.2) is 16.7 Å². The van der Waals surface area contributed by atoms with Crippen LogP contribution in [0.4, 0.5) is 0 Å². The van der Waals surface area contributed by atoms with E-state index in [4.69, 9.17) is 5.73 Å². The highest BCUT2D eigenvalue weighted by molar-refractivity contribution is 6.19. The molecule has 2 heterocycles. The normalized spacial score (nSPS) is 14.5. The number of aliphatic imine (C=N–C) groups is 1. The Balaban J connectivity index is 2.71. The number of hydrogen-bond acceptors (Lipinski definition) is 3. The number of carbonyl (C=O) groups excluding carboxylic acids is 1. The zero-order chi connectivity index (χ0) is 7.84. The van der Waals surface area contributed by atoms with Crippen LogP contribution in [0.3, 0.4) is 0 Å². The first-order valence-corrected chi connectivity index (χ1v) is 3.12. The Morgan fingerprint density at radius 1 is 1.36 bits per heavy atom. The first kappa shape index (κ1) is 6.03. The molecule has 2 rings (SSSR count). The van der Waals surface area contributed by atoms with E-state index in [1.807, 2.05) is 0 Å². The molecule has 2 N–H and O–H groups in total. The zero-order valence-corrected chi connectivity index (χ0v) is 5.61. The second-order valence-corrected chi connectivity index (χ2v) is 2.22. The summed E-state index contributed by atoms with van der Waals surface area (Å²) in [6, 6.07) is 1.61. The summed E-state index contributed by atoms with van der Waals surface area (Å²) in [6.07, 6.45) is 3.09. The third-order valence-corrected chi connectivity index (χ3v) is 1.55. The number of amidine groups is 1. The van der Waals surface area contributed by atoms with Gasteiger partial charge in [-0.1, -0.05) is 0 Å². The van der Waals surface area contributed by atoms with Crippen molar-refractivity contribution in [2.75, 3.05) is 0 Å². The lowest BCUT2D eigenvalue weighted by Gasteiger charge is -1.92. The van der Waals surface area contributed by atoms with Crippen molar-refractivity contribution in [1.29, 1.82) is 0 Å². The van der Waals surface area contributed by atoms with Gasteiger partial charge in [-0.25, -0.2) is 0 Å². The Bertz CT molecular complexity index is 356. The molecule has 0 aliphatic carbocycles. The Kier molecular flexibility index (Phi) is 1.03. The van der Waals surface area contributed by atoms with Crippen LogP contribution >= 0.6 is 0 Å². The Morgan fingerprint density at radius 2 is 2.18 bits per heavy atom. The number of rotatable bonds is 0. The molecule has 1 aliphatic rings. The maximum Gasteiger partial charge on any atom is 0.279 e. The smallest absolute Gasteiger partial charge is 0.279 e. The number of nitrogens with zero attached hydrogens (tertiary/aromatic N) is 2. The number of carbonyl (C=O) groups is 1. The van der Waals surface area contributed by atoms with Gasteiger partial charge in [0, 0.05) is 18.0 Å². The summed E-state index contributed by atoms with van der Waals surface area (Å²) in [7, 11) is 0. The summed E-state index contributed by atoms with van der Waals surface area (Å²) in [4.78, 5) is 18.4. The molecule has 0 spiro atoms. The molecule has 1 aliphatic heterocycles. The molecular formula is C7H5N3O. The van der Waals surface area contributed by atoms with Crippen molar-refractivity contribution in [2.24, 2.45) is 10.7 Å². The van der Waals surface area contributed by atoms with Gasteiger partial charge < -0.3 is 5.73 Å². The van der Waals surface area contributed by atoms with Gasteiger partial charge >= 0.3 is 0 Å². The minimum absolute atomic E-state index is 0.262. The molecule has 0 unspecified atom stereocenters. The van der Waals surface area contributed by atoms with Crippen molar-refractivity contribution in [3.63, 3.8) is 0 Å². The third kappa shape index (κ3) is 0.724. The lowest BCUT2D eigenvalue weighted by Crippen LogP contribution is -2.10. The molecule has 4 nitrogen and oxygen atoms in total. The fourth-order valence-electron chi connectivity index (χ4n) is 1.01. The van der Waals surface area contributed by atoms with Crippen molar-refractivity contribution in [3.8, 4) is 0 Å². The van der Waals surface area contributed by atoms with Gasteiger partial charge in [0.2, 0.25) is 0 Å². The highest BCUT2D eigenvalue weighted by Crippen LogP contribution is 2.14. The highest BCUT2D eigenvalue weighted by atomic mass is 16.1. The summed E-state index contributed by atoms with van der Waals surface area (Å²) >= 11 is 0. The minimum atomic E-state index is -0.278. The summed E-state index contributed by atoms with van der Waals surface area (Å²) < 4.78 is 0. The van der Waals surface area contributed by atoms with Crippen LogP contribution in [0.1, 0.15) is 15.9 Å². The van der Waals surface area contributed by atoms with Gasteiger partial charge in [0.25, 0.3) is 5.91 Å². The van der Waals surface area contributed by atoms with E-state index in [2.05, 4.69) is 9.98 Å². The summed E-state index contributed by atoms with van der Waals surface area (Å²) in [6.45, 7) is 0. The number of hydrogen-bond donors (Lipinski definition) is 1. The molecule has 0 bridgehead atoms. The van der Waals surface area contributed by atoms with Crippen LogP contribution in [-0.2, 0) is 0 Å². The van der Waals surface area contributed by atoms with Gasteiger partial charge in [0.05, 0.1) is 5.56 Å². The SMILES string of the molecule is NC1=NC(=O)c2ccncc21. The summed E-state index contributed by atoms with van der Waals surface area (Å²) in [5.74, 6) is -0.0157. The fourth-order valence-corrected chi connectivity index (χ4v) is 1.01. The van der Waals surface area contributed by atoms with Gasteiger partial charge in [0.15, 0.2) is 0 Å². The standard InChI is InChI=1S/C7H5N3O/c8-6-5-3-9-2-1-4(5)7(11)10-6/h1-3H,(H2,8,10,11). The van der Waals surface area contributed by atoms with E-state index in [1.54, 1.807) is 18.5 Å². The highest BCUT2D eigenvalue weighted by Gasteiger charge is 2.19. The number of pyridine rings is 1. The quantitative estimate of drug-likeness (QED) is 0.559. The number of aromatic nitrogens is 1. The van der Waals surface area contributed by atoms with Crippen molar-refractivity contribution < 1.29 is 4.79 Å². The van der Waals surface area contributed by atoms with Gasteiger partial charge in [-0.05, 0) is 6.07 Å². The molecule has 1 amide bonds. The van der Waals surface area contributed by atoms with Crippen molar-refractivity contribution in [2.45, 2.75) is 0 Å². The molecule has 0 aromatic carbocycles. The molecule has 0 atom stereocenters. The predicted octanol–water partition coefficient (Wildman–Crippen LogP) is -0.0593. The molecule has 0 saturated heterocycles. The zero-order valence-electron chi connectivity index (χ0n) is 5.61. The number of amides is 1. The lowest BCUT2D eigenvalue weighted by molar-refractivity contribution is 0.101. The molecule has 0 fully saturated rings. The molecule has 11 heavy (non-hydrogen) atoms. The molecule has 0 radical (unpaired) electrons. The largest absolute Gasteiger partial charge is 0.383 e. The van der Waals surface area contributed by atoms with Crippen LogP contribution in [0.25, 0.3) is 0 Å². The van der Waals surface area contributed by atoms with Crippen molar-refractivity contribution >= 4 is 11.7 Å². The second-order valence-electron chi connectivity index (χ2n) is 2.22. The predicted molar refractivity (Wildman–Crippen MR) is 39.3 cm³/mol. The average molecular weight is 147 g/mol. The summed E-state index contributed by atoms with van der Waals surface area (Å²) in [5.41, 5.74) is 6.60. The van der Waals surface area contributed by atoms with Crippen molar-refractivity contribution in [1.82, 2.24) is 4.98 Å². The van der Waals surface area contributed by atoms with E-state index in [1.165, 1.54) is 0 Å². The van der Waals surface area contributed by atoms with E-state index in [0.717, 1.165) is 0 Å². The van der Waals surface area contributed by atoms with Crippen molar-refractivity contribution in [3.05, 3.63) is 29.6 Å². The molecule has 1 aromatic rings.